The molecule has 5 nitrogen and oxygen atoms in total. The van der Waals surface area contributed by atoms with E-state index in [1.807, 2.05) is 24.3 Å². The van der Waals surface area contributed by atoms with Crippen molar-refractivity contribution in [2.24, 2.45) is 4.99 Å². The zero-order valence-electron chi connectivity index (χ0n) is 12.8. The van der Waals surface area contributed by atoms with Gasteiger partial charge in [-0.3, -0.25) is 4.99 Å². The maximum atomic E-state index is 11.4. The third-order valence-electron chi connectivity index (χ3n) is 2.96. The molecule has 0 aliphatic rings. The average molecular weight is 460 g/mol. The summed E-state index contributed by atoms with van der Waals surface area (Å²) in [6, 6.07) is 7.69. The number of nitrogens with one attached hydrogen (secondary N) is 2. The fourth-order valence-electron chi connectivity index (χ4n) is 1.71. The number of halogens is 2. The second kappa shape index (κ2) is 11.1. The van der Waals surface area contributed by atoms with Crippen LogP contribution in [0.5, 0.6) is 0 Å². The second-order valence-corrected chi connectivity index (χ2v) is 7.45. The standard InChI is InChI=1S/C14H22ClN3O2S.HI/c1-3-21(19,20)10-9-18-14(16-2)17-8-7-12-5-4-6-13(15)11-12;/h4-6,11H,3,7-10H2,1-2H3,(H2,16,17,18);1H. The van der Waals surface area contributed by atoms with Crippen molar-refractivity contribution >= 4 is 51.4 Å². The van der Waals surface area contributed by atoms with E-state index in [0.29, 0.717) is 19.0 Å². The van der Waals surface area contributed by atoms with E-state index in [0.717, 1.165) is 17.0 Å². The fourth-order valence-corrected chi connectivity index (χ4v) is 2.62. The van der Waals surface area contributed by atoms with Gasteiger partial charge in [-0.15, -0.1) is 24.0 Å². The van der Waals surface area contributed by atoms with Gasteiger partial charge in [0.2, 0.25) is 0 Å². The smallest absolute Gasteiger partial charge is 0.191 e. The highest BCUT2D eigenvalue weighted by atomic mass is 127. The predicted octanol–water partition coefficient (Wildman–Crippen LogP) is 2.10. The van der Waals surface area contributed by atoms with E-state index in [2.05, 4.69) is 15.6 Å². The van der Waals surface area contributed by atoms with E-state index in [9.17, 15) is 8.42 Å². The summed E-state index contributed by atoms with van der Waals surface area (Å²) in [6.45, 7) is 2.70. The van der Waals surface area contributed by atoms with Crippen molar-refractivity contribution in [2.75, 3.05) is 31.6 Å². The Labute approximate surface area is 154 Å². The van der Waals surface area contributed by atoms with Crippen molar-refractivity contribution in [3.8, 4) is 0 Å². The van der Waals surface area contributed by atoms with Gasteiger partial charge in [-0.1, -0.05) is 30.7 Å². The summed E-state index contributed by atoms with van der Waals surface area (Å²) in [4.78, 5) is 4.06. The topological polar surface area (TPSA) is 70.6 Å². The van der Waals surface area contributed by atoms with Crippen molar-refractivity contribution < 1.29 is 8.42 Å². The van der Waals surface area contributed by atoms with Crippen LogP contribution in [0.3, 0.4) is 0 Å². The number of rotatable bonds is 7. The zero-order chi connectivity index (χ0) is 15.7. The minimum atomic E-state index is -2.95. The van der Waals surface area contributed by atoms with Crippen LogP contribution in [0.1, 0.15) is 12.5 Å². The van der Waals surface area contributed by atoms with Crippen molar-refractivity contribution in [1.82, 2.24) is 10.6 Å². The molecule has 2 N–H and O–H groups in total. The number of hydrogen-bond donors (Lipinski definition) is 2. The highest BCUT2D eigenvalue weighted by Gasteiger charge is 2.07. The lowest BCUT2D eigenvalue weighted by Crippen LogP contribution is -2.40. The maximum Gasteiger partial charge on any atom is 0.191 e. The van der Waals surface area contributed by atoms with Gasteiger partial charge in [0.05, 0.1) is 5.75 Å². The van der Waals surface area contributed by atoms with E-state index in [1.165, 1.54) is 0 Å². The molecule has 0 bridgehead atoms. The predicted molar refractivity (Wildman–Crippen MR) is 104 cm³/mol. The molecule has 0 saturated heterocycles. The molecule has 0 atom stereocenters. The molecule has 0 spiro atoms. The Morgan fingerprint density at radius 2 is 1.95 bits per heavy atom. The summed E-state index contributed by atoms with van der Waals surface area (Å²) >= 11 is 5.93. The molecule has 0 radical (unpaired) electrons. The molecular weight excluding hydrogens is 437 g/mol. The van der Waals surface area contributed by atoms with Crippen LogP contribution in [0.15, 0.2) is 29.3 Å². The van der Waals surface area contributed by atoms with Gasteiger partial charge in [0, 0.05) is 30.9 Å². The summed E-state index contributed by atoms with van der Waals surface area (Å²) in [6.07, 6.45) is 0.814. The molecule has 0 saturated carbocycles. The van der Waals surface area contributed by atoms with E-state index in [1.54, 1.807) is 14.0 Å². The van der Waals surface area contributed by atoms with Gasteiger partial charge in [-0.25, -0.2) is 8.42 Å². The van der Waals surface area contributed by atoms with Crippen molar-refractivity contribution in [3.63, 3.8) is 0 Å². The number of guanidine groups is 1. The van der Waals surface area contributed by atoms with Gasteiger partial charge in [0.1, 0.15) is 0 Å². The van der Waals surface area contributed by atoms with Gasteiger partial charge in [0.15, 0.2) is 15.8 Å². The minimum absolute atomic E-state index is 0. The van der Waals surface area contributed by atoms with Crippen molar-refractivity contribution in [2.45, 2.75) is 13.3 Å². The molecule has 22 heavy (non-hydrogen) atoms. The van der Waals surface area contributed by atoms with Crippen LogP contribution >= 0.6 is 35.6 Å². The molecule has 0 aromatic heterocycles. The van der Waals surface area contributed by atoms with Gasteiger partial charge >= 0.3 is 0 Å². The normalized spacial score (nSPS) is 11.7. The van der Waals surface area contributed by atoms with E-state index in [-0.39, 0.29) is 35.5 Å². The molecule has 0 amide bonds. The van der Waals surface area contributed by atoms with Crippen LogP contribution in [0.4, 0.5) is 0 Å². The van der Waals surface area contributed by atoms with Crippen LogP contribution in [0.25, 0.3) is 0 Å². The van der Waals surface area contributed by atoms with Crippen LogP contribution in [0, 0.1) is 0 Å². The van der Waals surface area contributed by atoms with E-state index >= 15 is 0 Å². The van der Waals surface area contributed by atoms with Crippen LogP contribution in [-0.4, -0.2) is 46.0 Å². The molecule has 0 fully saturated rings. The maximum absolute atomic E-state index is 11.4. The number of aliphatic imine (C=N–C) groups is 1. The minimum Gasteiger partial charge on any atom is -0.356 e. The summed E-state index contributed by atoms with van der Waals surface area (Å²) in [7, 11) is -1.30. The van der Waals surface area contributed by atoms with Gasteiger partial charge < -0.3 is 10.6 Å². The Bertz CT molecular complexity index is 579. The SMILES string of the molecule is CCS(=O)(=O)CCNC(=NC)NCCc1cccc(Cl)c1.I. The summed E-state index contributed by atoms with van der Waals surface area (Å²) in [5.74, 6) is 0.872. The lowest BCUT2D eigenvalue weighted by atomic mass is 10.1. The highest BCUT2D eigenvalue weighted by molar-refractivity contribution is 14.0. The Kier molecular flexibility index (Phi) is 10.8. The fraction of sp³-hybridized carbons (Fsp3) is 0.500. The first-order chi connectivity index (χ1) is 9.96. The Morgan fingerprint density at radius 3 is 2.55 bits per heavy atom. The van der Waals surface area contributed by atoms with E-state index < -0.39 is 9.84 Å². The summed E-state index contributed by atoms with van der Waals surface area (Å²) in [5, 5.41) is 6.86. The molecule has 8 heteroatoms. The first-order valence-electron chi connectivity index (χ1n) is 6.86. The van der Waals surface area contributed by atoms with Crippen LogP contribution in [-0.2, 0) is 16.3 Å². The second-order valence-electron chi connectivity index (χ2n) is 4.54. The molecule has 1 aromatic carbocycles. The Morgan fingerprint density at radius 1 is 1.27 bits per heavy atom. The number of hydrogen-bond acceptors (Lipinski definition) is 3. The largest absolute Gasteiger partial charge is 0.356 e. The number of nitrogens with zero attached hydrogens (tertiary/aromatic N) is 1. The quantitative estimate of drug-likeness (QED) is 0.372. The molecule has 1 rings (SSSR count). The zero-order valence-corrected chi connectivity index (χ0v) is 16.7. The molecule has 0 aliphatic carbocycles. The molecule has 1 aromatic rings. The third kappa shape index (κ3) is 8.79. The Hall–Kier alpha value is -0.540. The summed E-state index contributed by atoms with van der Waals surface area (Å²) < 4.78 is 22.8. The number of benzene rings is 1. The first kappa shape index (κ1) is 21.5. The molecule has 0 aliphatic heterocycles. The Balaban J connectivity index is 0.00000441. The highest BCUT2D eigenvalue weighted by Crippen LogP contribution is 2.10. The number of sulfone groups is 1. The van der Waals surface area contributed by atoms with Crippen molar-refractivity contribution in [3.05, 3.63) is 34.9 Å². The van der Waals surface area contributed by atoms with Crippen LogP contribution < -0.4 is 10.6 Å². The lowest BCUT2D eigenvalue weighted by Gasteiger charge is -2.11. The molecule has 0 heterocycles. The van der Waals surface area contributed by atoms with Gasteiger partial charge in [-0.2, -0.15) is 0 Å². The molecular formula is C14H23ClIN3O2S. The molecule has 126 valence electrons. The lowest BCUT2D eigenvalue weighted by molar-refractivity contribution is 0.595. The van der Waals surface area contributed by atoms with Crippen molar-refractivity contribution in [1.29, 1.82) is 0 Å². The van der Waals surface area contributed by atoms with Crippen LogP contribution in [0.2, 0.25) is 5.02 Å². The molecule has 0 unspecified atom stereocenters. The van der Waals surface area contributed by atoms with Gasteiger partial charge in [0.25, 0.3) is 0 Å². The summed E-state index contributed by atoms with van der Waals surface area (Å²) in [5.41, 5.74) is 1.14. The average Bonchev–Trinajstić information content (AvgIpc) is 2.45. The third-order valence-corrected chi connectivity index (χ3v) is 4.90. The van der Waals surface area contributed by atoms with E-state index in [4.69, 9.17) is 11.6 Å². The van der Waals surface area contributed by atoms with Gasteiger partial charge in [-0.05, 0) is 24.1 Å². The monoisotopic (exact) mass is 459 g/mol. The first-order valence-corrected chi connectivity index (χ1v) is 9.06.